The Labute approximate surface area is 191 Å². The second-order valence-corrected chi connectivity index (χ2v) is 8.98. The Bertz CT molecular complexity index is 1180. The summed E-state index contributed by atoms with van der Waals surface area (Å²) in [7, 11) is 0. The van der Waals surface area contributed by atoms with Gasteiger partial charge in [-0.3, -0.25) is 9.36 Å². The zero-order chi connectivity index (χ0) is 21.9. The average Bonchev–Trinajstić information content (AvgIpc) is 3.33. The highest BCUT2D eigenvalue weighted by atomic mass is 32.2. The van der Waals surface area contributed by atoms with Crippen LogP contribution in [0, 0.1) is 12.8 Å². The number of rotatable bonds is 8. The molecule has 5 rings (SSSR count). The molecule has 1 fully saturated rings. The van der Waals surface area contributed by atoms with Crippen molar-refractivity contribution in [2.24, 2.45) is 5.92 Å². The van der Waals surface area contributed by atoms with Gasteiger partial charge in [0.25, 0.3) is 0 Å². The molecule has 2 aromatic carbocycles. The number of aryl methyl sites for hydroxylation is 1. The lowest BCUT2D eigenvalue weighted by molar-refractivity contribution is -0.119. The van der Waals surface area contributed by atoms with E-state index < -0.39 is 0 Å². The van der Waals surface area contributed by atoms with Crippen LogP contribution in [0.3, 0.4) is 0 Å². The first-order chi connectivity index (χ1) is 15.7. The van der Waals surface area contributed by atoms with Crippen molar-refractivity contribution in [2.75, 3.05) is 5.75 Å². The van der Waals surface area contributed by atoms with Crippen LogP contribution in [0.25, 0.3) is 17.3 Å². The Kier molecular flexibility index (Phi) is 5.81. The molecule has 1 aliphatic carbocycles. The summed E-state index contributed by atoms with van der Waals surface area (Å²) in [6, 6.07) is 22.0. The first-order valence-corrected chi connectivity index (χ1v) is 11.7. The van der Waals surface area contributed by atoms with Crippen molar-refractivity contribution in [2.45, 2.75) is 31.0 Å². The van der Waals surface area contributed by atoms with Gasteiger partial charge in [-0.1, -0.05) is 59.8 Å². The summed E-state index contributed by atoms with van der Waals surface area (Å²) in [5.74, 6) is 2.02. The van der Waals surface area contributed by atoms with Crippen LogP contribution >= 0.6 is 11.8 Å². The van der Waals surface area contributed by atoms with Gasteiger partial charge in [-0.05, 0) is 55.5 Å². The van der Waals surface area contributed by atoms with E-state index in [-0.39, 0.29) is 17.7 Å². The summed E-state index contributed by atoms with van der Waals surface area (Å²) in [6.45, 7) is 2.07. The van der Waals surface area contributed by atoms with Crippen molar-refractivity contribution in [3.8, 4) is 17.3 Å². The fraction of sp³-hybridized carbons (Fsp3) is 0.240. The highest BCUT2D eigenvalue weighted by molar-refractivity contribution is 7.99. The molecule has 2 heterocycles. The van der Waals surface area contributed by atoms with E-state index in [1.165, 1.54) is 22.9 Å². The van der Waals surface area contributed by atoms with Crippen LogP contribution in [0.1, 0.15) is 30.0 Å². The van der Waals surface area contributed by atoms with Crippen molar-refractivity contribution in [1.82, 2.24) is 20.1 Å². The number of carbonyl (C=O) groups excluding carboxylic acids is 1. The van der Waals surface area contributed by atoms with E-state index in [1.54, 1.807) is 6.26 Å². The first-order valence-electron chi connectivity index (χ1n) is 10.7. The van der Waals surface area contributed by atoms with Crippen molar-refractivity contribution >= 4 is 17.7 Å². The predicted molar refractivity (Wildman–Crippen MR) is 125 cm³/mol. The Hall–Kier alpha value is -3.32. The molecule has 7 heteroatoms. The number of thioether (sulfide) groups is 1. The third kappa shape index (κ3) is 4.48. The van der Waals surface area contributed by atoms with Crippen molar-refractivity contribution in [3.05, 3.63) is 84.1 Å². The quantitative estimate of drug-likeness (QED) is 0.378. The highest BCUT2D eigenvalue weighted by Crippen LogP contribution is 2.41. The van der Waals surface area contributed by atoms with Crippen LogP contribution in [-0.2, 0) is 4.79 Å². The third-order valence-corrected chi connectivity index (χ3v) is 6.50. The number of carbonyl (C=O) groups is 1. The summed E-state index contributed by atoms with van der Waals surface area (Å²) in [5, 5.41) is 12.6. The van der Waals surface area contributed by atoms with Crippen molar-refractivity contribution in [1.29, 1.82) is 0 Å². The average molecular weight is 445 g/mol. The molecule has 162 valence electrons. The lowest BCUT2D eigenvalue weighted by Gasteiger charge is -2.19. The maximum Gasteiger partial charge on any atom is 0.230 e. The number of nitrogens with zero attached hydrogens (tertiary/aromatic N) is 3. The number of para-hydroxylation sites is 1. The Morgan fingerprint density at radius 1 is 1.09 bits per heavy atom. The fourth-order valence-corrected chi connectivity index (χ4v) is 4.52. The van der Waals surface area contributed by atoms with Gasteiger partial charge in [-0.15, -0.1) is 10.2 Å². The van der Waals surface area contributed by atoms with E-state index in [2.05, 4.69) is 46.7 Å². The van der Waals surface area contributed by atoms with Crippen molar-refractivity contribution in [3.63, 3.8) is 0 Å². The van der Waals surface area contributed by atoms with Gasteiger partial charge in [-0.2, -0.15) is 0 Å². The van der Waals surface area contributed by atoms with E-state index in [4.69, 9.17) is 4.42 Å². The summed E-state index contributed by atoms with van der Waals surface area (Å²) in [5.41, 5.74) is 3.31. The number of hydrogen-bond donors (Lipinski definition) is 1. The van der Waals surface area contributed by atoms with E-state index in [9.17, 15) is 4.79 Å². The first kappa shape index (κ1) is 20.6. The zero-order valence-corrected chi connectivity index (χ0v) is 18.6. The normalized spacial score (nSPS) is 14.3. The molecule has 1 saturated carbocycles. The van der Waals surface area contributed by atoms with Gasteiger partial charge in [0.2, 0.25) is 11.7 Å². The van der Waals surface area contributed by atoms with Crippen LogP contribution in [0.15, 0.2) is 82.6 Å². The number of amides is 1. The molecule has 0 spiro atoms. The van der Waals surface area contributed by atoms with Crippen LogP contribution in [0.5, 0.6) is 0 Å². The standard InChI is InChI=1S/C25H24N4O2S/c1-17-9-11-18(12-10-17)23(19-13-14-19)26-22(30)16-32-25-28-27-24(21-8-5-15-31-21)29(25)20-6-3-2-4-7-20/h2-12,15,19,23H,13-14,16H2,1H3,(H,26,30). The molecular weight excluding hydrogens is 420 g/mol. The lowest BCUT2D eigenvalue weighted by Crippen LogP contribution is -2.31. The SMILES string of the molecule is Cc1ccc(C(NC(=O)CSc2nnc(-c3ccco3)n2-c2ccccc2)C2CC2)cc1. The third-order valence-electron chi connectivity index (χ3n) is 5.57. The molecule has 0 aliphatic heterocycles. The topological polar surface area (TPSA) is 73.0 Å². The predicted octanol–water partition coefficient (Wildman–Crippen LogP) is 5.20. The Morgan fingerprint density at radius 2 is 1.88 bits per heavy atom. The van der Waals surface area contributed by atoms with Gasteiger partial charge in [0.05, 0.1) is 18.1 Å². The number of benzene rings is 2. The van der Waals surface area contributed by atoms with E-state index in [0.717, 1.165) is 18.5 Å². The second kappa shape index (κ2) is 9.04. The number of aromatic nitrogens is 3. The van der Waals surface area contributed by atoms with Gasteiger partial charge in [0.1, 0.15) is 0 Å². The van der Waals surface area contributed by atoms with Gasteiger partial charge >= 0.3 is 0 Å². The number of hydrogen-bond acceptors (Lipinski definition) is 5. The molecule has 1 amide bonds. The summed E-state index contributed by atoms with van der Waals surface area (Å²) >= 11 is 1.38. The largest absolute Gasteiger partial charge is 0.461 e. The molecule has 1 N–H and O–H groups in total. The molecule has 4 aromatic rings. The summed E-state index contributed by atoms with van der Waals surface area (Å²) in [4.78, 5) is 12.9. The van der Waals surface area contributed by atoms with Gasteiger partial charge in [0, 0.05) is 5.69 Å². The van der Waals surface area contributed by atoms with Gasteiger partial charge < -0.3 is 9.73 Å². The maximum absolute atomic E-state index is 12.9. The molecule has 2 aromatic heterocycles. The van der Waals surface area contributed by atoms with Crippen molar-refractivity contribution < 1.29 is 9.21 Å². The molecule has 1 atom stereocenters. The van der Waals surface area contributed by atoms with E-state index >= 15 is 0 Å². The summed E-state index contributed by atoms with van der Waals surface area (Å²) in [6.07, 6.45) is 3.92. The minimum atomic E-state index is -0.00497. The van der Waals surface area contributed by atoms with Crippen LogP contribution < -0.4 is 5.32 Å². The molecule has 0 saturated heterocycles. The maximum atomic E-state index is 12.9. The van der Waals surface area contributed by atoms with E-state index in [1.807, 2.05) is 47.0 Å². The van der Waals surface area contributed by atoms with Gasteiger partial charge in [-0.25, -0.2) is 0 Å². The molecular formula is C25H24N4O2S. The van der Waals surface area contributed by atoms with Gasteiger partial charge in [0.15, 0.2) is 10.9 Å². The minimum Gasteiger partial charge on any atom is -0.461 e. The van der Waals surface area contributed by atoms with E-state index in [0.29, 0.717) is 22.7 Å². The molecule has 32 heavy (non-hydrogen) atoms. The monoisotopic (exact) mass is 444 g/mol. The van der Waals surface area contributed by atoms with Crippen LogP contribution in [-0.4, -0.2) is 26.4 Å². The Balaban J connectivity index is 1.33. The summed E-state index contributed by atoms with van der Waals surface area (Å²) < 4.78 is 7.48. The lowest BCUT2D eigenvalue weighted by atomic mass is 10.0. The molecule has 0 radical (unpaired) electrons. The molecule has 6 nitrogen and oxygen atoms in total. The number of furan rings is 1. The molecule has 1 unspecified atom stereocenters. The molecule has 0 bridgehead atoms. The Morgan fingerprint density at radius 3 is 2.56 bits per heavy atom. The number of nitrogens with one attached hydrogen (secondary N) is 1. The zero-order valence-electron chi connectivity index (χ0n) is 17.8. The highest BCUT2D eigenvalue weighted by Gasteiger charge is 2.33. The molecule has 1 aliphatic rings. The second-order valence-electron chi connectivity index (χ2n) is 8.04. The smallest absolute Gasteiger partial charge is 0.230 e. The minimum absolute atomic E-state index is 0.00497. The fourth-order valence-electron chi connectivity index (χ4n) is 3.76. The van der Waals surface area contributed by atoms with Crippen LogP contribution in [0.2, 0.25) is 0 Å². The van der Waals surface area contributed by atoms with Crippen LogP contribution in [0.4, 0.5) is 0 Å².